The maximum atomic E-state index is 12.4. The molecule has 26 heavy (non-hydrogen) atoms. The van der Waals surface area contributed by atoms with E-state index in [2.05, 4.69) is 5.32 Å². The topological polar surface area (TPSA) is 90.2 Å². The Morgan fingerprint density at radius 1 is 1.00 bits per heavy atom. The molecule has 0 heterocycles. The van der Waals surface area contributed by atoms with Crippen LogP contribution < -0.4 is 5.32 Å². The molecule has 3 aromatic carbocycles. The van der Waals surface area contributed by atoms with Gasteiger partial charge in [0.05, 0.1) is 11.6 Å². The minimum absolute atomic E-state index is 0.179. The molecule has 0 aliphatic carbocycles. The molecule has 2 N–H and O–H groups in total. The van der Waals surface area contributed by atoms with Crippen LogP contribution in [0, 0.1) is 11.3 Å². The van der Waals surface area contributed by atoms with Crippen LogP contribution in [0.25, 0.3) is 10.8 Å². The highest BCUT2D eigenvalue weighted by atomic mass is 16.4. The summed E-state index contributed by atoms with van der Waals surface area (Å²) in [4.78, 5) is 24.0. The van der Waals surface area contributed by atoms with Gasteiger partial charge < -0.3 is 10.4 Å². The summed E-state index contributed by atoms with van der Waals surface area (Å²) in [6, 6.07) is 20.4. The predicted octanol–water partition coefficient (Wildman–Crippen LogP) is 3.14. The largest absolute Gasteiger partial charge is 0.480 e. The zero-order valence-corrected chi connectivity index (χ0v) is 13.8. The number of amides is 1. The molecule has 0 spiro atoms. The number of hydrogen-bond acceptors (Lipinski definition) is 3. The third-order valence-corrected chi connectivity index (χ3v) is 4.18. The van der Waals surface area contributed by atoms with Crippen LogP contribution in [0.3, 0.4) is 0 Å². The molecule has 0 unspecified atom stereocenters. The number of rotatable bonds is 5. The fourth-order valence-electron chi connectivity index (χ4n) is 2.83. The molecule has 5 heteroatoms. The smallest absolute Gasteiger partial charge is 0.326 e. The van der Waals surface area contributed by atoms with E-state index >= 15 is 0 Å². The molecule has 3 aromatic rings. The third-order valence-electron chi connectivity index (χ3n) is 4.18. The SMILES string of the molecule is N#Cc1ccc(C(=O)N[C@H](Cc2cccc3ccccc23)C(=O)O)cc1. The number of carbonyl (C=O) groups is 2. The van der Waals surface area contributed by atoms with Crippen LogP contribution >= 0.6 is 0 Å². The van der Waals surface area contributed by atoms with Crippen molar-refractivity contribution in [2.24, 2.45) is 0 Å². The van der Waals surface area contributed by atoms with Crippen LogP contribution in [-0.4, -0.2) is 23.0 Å². The van der Waals surface area contributed by atoms with E-state index in [1.165, 1.54) is 24.3 Å². The van der Waals surface area contributed by atoms with Crippen LogP contribution in [0.5, 0.6) is 0 Å². The molecule has 0 saturated heterocycles. The zero-order valence-electron chi connectivity index (χ0n) is 13.8. The molecule has 5 nitrogen and oxygen atoms in total. The molecular formula is C21H16N2O3. The first-order valence-corrected chi connectivity index (χ1v) is 8.09. The van der Waals surface area contributed by atoms with Gasteiger partial charge in [-0.1, -0.05) is 42.5 Å². The number of hydrogen-bond donors (Lipinski definition) is 2. The first-order chi connectivity index (χ1) is 12.6. The van der Waals surface area contributed by atoms with E-state index in [-0.39, 0.29) is 6.42 Å². The van der Waals surface area contributed by atoms with E-state index in [0.717, 1.165) is 16.3 Å². The van der Waals surface area contributed by atoms with Gasteiger partial charge in [-0.3, -0.25) is 4.79 Å². The Labute approximate surface area is 150 Å². The Kier molecular flexibility index (Phi) is 4.95. The van der Waals surface area contributed by atoms with E-state index in [0.29, 0.717) is 11.1 Å². The van der Waals surface area contributed by atoms with Gasteiger partial charge in [-0.25, -0.2) is 4.79 Å². The van der Waals surface area contributed by atoms with Crippen LogP contribution in [0.15, 0.2) is 66.7 Å². The second-order valence-corrected chi connectivity index (χ2v) is 5.90. The Balaban J connectivity index is 1.82. The highest BCUT2D eigenvalue weighted by Crippen LogP contribution is 2.20. The highest BCUT2D eigenvalue weighted by Gasteiger charge is 2.22. The molecule has 0 aliphatic heterocycles. The lowest BCUT2D eigenvalue weighted by atomic mass is 9.98. The van der Waals surface area contributed by atoms with Crippen molar-refractivity contribution in [3.8, 4) is 6.07 Å². The summed E-state index contributed by atoms with van der Waals surface area (Å²) in [6.07, 6.45) is 0.179. The lowest BCUT2D eigenvalue weighted by Crippen LogP contribution is -2.42. The summed E-state index contributed by atoms with van der Waals surface area (Å²) in [5, 5.41) is 22.9. The van der Waals surface area contributed by atoms with E-state index in [4.69, 9.17) is 5.26 Å². The molecule has 0 aromatic heterocycles. The second-order valence-electron chi connectivity index (χ2n) is 5.90. The Morgan fingerprint density at radius 2 is 1.69 bits per heavy atom. The molecule has 0 fully saturated rings. The fraction of sp³-hybridized carbons (Fsp3) is 0.0952. The summed E-state index contributed by atoms with van der Waals surface area (Å²) in [5.41, 5.74) is 1.61. The molecule has 0 radical (unpaired) electrons. The Hall–Kier alpha value is -3.65. The van der Waals surface area contributed by atoms with E-state index < -0.39 is 17.9 Å². The number of fused-ring (bicyclic) bond motifs is 1. The molecule has 1 amide bonds. The van der Waals surface area contributed by atoms with Crippen LogP contribution in [0.4, 0.5) is 0 Å². The van der Waals surface area contributed by atoms with E-state index in [1.807, 2.05) is 48.5 Å². The summed E-state index contributed by atoms with van der Waals surface area (Å²) in [7, 11) is 0. The van der Waals surface area contributed by atoms with Crippen molar-refractivity contribution in [1.82, 2.24) is 5.32 Å². The van der Waals surface area contributed by atoms with Gasteiger partial charge in [0.1, 0.15) is 6.04 Å². The van der Waals surface area contributed by atoms with Crippen LogP contribution in [0.1, 0.15) is 21.5 Å². The average molecular weight is 344 g/mol. The lowest BCUT2D eigenvalue weighted by Gasteiger charge is -2.16. The summed E-state index contributed by atoms with van der Waals surface area (Å²) in [6.45, 7) is 0. The Morgan fingerprint density at radius 3 is 2.38 bits per heavy atom. The van der Waals surface area contributed by atoms with Crippen molar-refractivity contribution >= 4 is 22.6 Å². The quantitative estimate of drug-likeness (QED) is 0.744. The number of benzene rings is 3. The minimum Gasteiger partial charge on any atom is -0.480 e. The van der Waals surface area contributed by atoms with Gasteiger partial charge in [0.25, 0.3) is 5.91 Å². The zero-order chi connectivity index (χ0) is 18.5. The maximum Gasteiger partial charge on any atom is 0.326 e. The first-order valence-electron chi connectivity index (χ1n) is 8.09. The summed E-state index contributed by atoms with van der Waals surface area (Å²) >= 11 is 0. The van der Waals surface area contributed by atoms with Gasteiger partial charge in [-0.05, 0) is 40.6 Å². The molecule has 0 bridgehead atoms. The standard InChI is InChI=1S/C21H16N2O3/c22-13-14-8-10-16(11-9-14)20(24)23-19(21(25)26)12-17-6-3-5-15-4-1-2-7-18(15)17/h1-11,19H,12H2,(H,23,24)(H,25,26)/t19-/m1/s1. The maximum absolute atomic E-state index is 12.4. The summed E-state index contributed by atoms with van der Waals surface area (Å²) in [5.74, 6) is -1.58. The van der Waals surface area contributed by atoms with Crippen molar-refractivity contribution in [3.63, 3.8) is 0 Å². The van der Waals surface area contributed by atoms with Crippen molar-refractivity contribution < 1.29 is 14.7 Å². The number of carbonyl (C=O) groups excluding carboxylic acids is 1. The molecule has 0 aliphatic rings. The number of aliphatic carboxylic acids is 1. The number of nitrogens with one attached hydrogen (secondary N) is 1. The van der Waals surface area contributed by atoms with Gasteiger partial charge in [0.15, 0.2) is 0 Å². The van der Waals surface area contributed by atoms with Gasteiger partial charge in [-0.2, -0.15) is 5.26 Å². The van der Waals surface area contributed by atoms with Gasteiger partial charge in [-0.15, -0.1) is 0 Å². The van der Waals surface area contributed by atoms with Gasteiger partial charge in [0.2, 0.25) is 0 Å². The van der Waals surface area contributed by atoms with Gasteiger partial charge >= 0.3 is 5.97 Å². The monoisotopic (exact) mass is 344 g/mol. The third kappa shape index (κ3) is 3.70. The van der Waals surface area contributed by atoms with Crippen molar-refractivity contribution in [3.05, 3.63) is 83.4 Å². The molecule has 1 atom stereocenters. The van der Waals surface area contributed by atoms with Gasteiger partial charge in [0, 0.05) is 12.0 Å². The molecule has 0 saturated carbocycles. The number of carboxylic acids is 1. The normalized spacial score (nSPS) is 11.5. The predicted molar refractivity (Wildman–Crippen MR) is 97.7 cm³/mol. The van der Waals surface area contributed by atoms with Crippen LogP contribution in [0.2, 0.25) is 0 Å². The van der Waals surface area contributed by atoms with E-state index in [1.54, 1.807) is 0 Å². The average Bonchev–Trinajstić information content (AvgIpc) is 2.67. The number of nitrogens with zero attached hydrogens (tertiary/aromatic N) is 1. The van der Waals surface area contributed by atoms with Crippen molar-refractivity contribution in [2.75, 3.05) is 0 Å². The van der Waals surface area contributed by atoms with Crippen molar-refractivity contribution in [1.29, 1.82) is 5.26 Å². The number of nitriles is 1. The Bertz CT molecular complexity index is 998. The molecule has 3 rings (SSSR count). The van der Waals surface area contributed by atoms with Crippen molar-refractivity contribution in [2.45, 2.75) is 12.5 Å². The highest BCUT2D eigenvalue weighted by molar-refractivity contribution is 5.97. The lowest BCUT2D eigenvalue weighted by molar-refractivity contribution is -0.139. The van der Waals surface area contributed by atoms with Crippen LogP contribution in [-0.2, 0) is 11.2 Å². The molecule has 128 valence electrons. The first kappa shape index (κ1) is 17.2. The van der Waals surface area contributed by atoms with E-state index in [9.17, 15) is 14.7 Å². The fourth-order valence-corrected chi connectivity index (χ4v) is 2.83. The number of carboxylic acid groups (broad SMARTS) is 1. The molecular weight excluding hydrogens is 328 g/mol. The minimum atomic E-state index is -1.10. The summed E-state index contributed by atoms with van der Waals surface area (Å²) < 4.78 is 0. The second kappa shape index (κ2) is 7.49.